The molecule has 126 valence electrons. The number of amides is 1. The molecule has 9 heteroatoms. The Balaban J connectivity index is 2.56. The highest BCUT2D eigenvalue weighted by atomic mass is 19.1. The van der Waals surface area contributed by atoms with E-state index in [1.165, 1.54) is 4.57 Å². The summed E-state index contributed by atoms with van der Waals surface area (Å²) in [5.74, 6) is -4.70. The maximum Gasteiger partial charge on any atom is 0.341 e. The molecule has 24 heavy (non-hydrogen) atoms. The number of rotatable bonds is 3. The van der Waals surface area contributed by atoms with Crippen LogP contribution >= 0.6 is 0 Å². The first-order chi connectivity index (χ1) is 11.2. The van der Waals surface area contributed by atoms with Crippen LogP contribution in [0.15, 0.2) is 11.0 Å². The van der Waals surface area contributed by atoms with Crippen molar-refractivity contribution in [2.75, 3.05) is 11.1 Å². The van der Waals surface area contributed by atoms with Crippen LogP contribution in [0.3, 0.4) is 0 Å². The molecule has 0 spiro atoms. The summed E-state index contributed by atoms with van der Waals surface area (Å²) in [4.78, 5) is 35.1. The summed E-state index contributed by atoms with van der Waals surface area (Å²) in [5, 5.41) is 10.8. The molecule has 0 unspecified atom stereocenters. The van der Waals surface area contributed by atoms with E-state index < -0.39 is 51.3 Å². The van der Waals surface area contributed by atoms with E-state index in [1.54, 1.807) is 0 Å². The number of halogens is 2. The third-order valence-corrected chi connectivity index (χ3v) is 3.86. The number of pyridine rings is 1. The summed E-state index contributed by atoms with van der Waals surface area (Å²) in [6, 6.07) is -0.212. The average molecular weight is 337 g/mol. The largest absolute Gasteiger partial charge is 0.477 e. The van der Waals surface area contributed by atoms with Gasteiger partial charge in [0, 0.05) is 19.2 Å². The van der Waals surface area contributed by atoms with E-state index >= 15 is 0 Å². The first kappa shape index (κ1) is 15.9. The molecule has 0 radical (unpaired) electrons. The molecule has 2 aromatic rings. The van der Waals surface area contributed by atoms with Crippen molar-refractivity contribution in [2.45, 2.75) is 25.8 Å². The van der Waals surface area contributed by atoms with Crippen molar-refractivity contribution in [3.05, 3.63) is 33.6 Å². The fraction of sp³-hybridized carbons (Fsp3) is 0.267. The molecule has 0 atom stereocenters. The van der Waals surface area contributed by atoms with Crippen LogP contribution in [0.4, 0.5) is 20.2 Å². The van der Waals surface area contributed by atoms with Gasteiger partial charge in [0.2, 0.25) is 11.3 Å². The lowest BCUT2D eigenvalue weighted by Gasteiger charge is -2.17. The third kappa shape index (κ3) is 2.29. The van der Waals surface area contributed by atoms with E-state index in [2.05, 4.69) is 5.32 Å². The molecule has 1 aromatic carbocycles. The molecular formula is C15H13F2N3O4. The first-order valence-electron chi connectivity index (χ1n) is 7.10. The number of nitrogens with zero attached hydrogens (tertiary/aromatic N) is 1. The Bertz CT molecular complexity index is 964. The molecule has 1 aliphatic rings. The maximum absolute atomic E-state index is 14.6. The Morgan fingerprint density at radius 1 is 1.33 bits per heavy atom. The van der Waals surface area contributed by atoms with Crippen molar-refractivity contribution >= 4 is 34.2 Å². The number of carboxylic acids is 1. The Kier molecular flexibility index (Phi) is 3.51. The number of nitrogens with one attached hydrogen (secondary N) is 1. The van der Waals surface area contributed by atoms with Gasteiger partial charge in [0.15, 0.2) is 11.6 Å². The van der Waals surface area contributed by atoms with Crippen LogP contribution in [0, 0.1) is 11.6 Å². The highest BCUT2D eigenvalue weighted by Gasteiger charge is 2.31. The molecule has 4 N–H and O–H groups in total. The van der Waals surface area contributed by atoms with Gasteiger partial charge >= 0.3 is 5.97 Å². The number of nitrogens with two attached hydrogens (primary N) is 1. The van der Waals surface area contributed by atoms with E-state index in [4.69, 9.17) is 5.73 Å². The third-order valence-electron chi connectivity index (χ3n) is 3.86. The zero-order chi connectivity index (χ0) is 17.8. The van der Waals surface area contributed by atoms with E-state index in [-0.39, 0.29) is 11.6 Å². The van der Waals surface area contributed by atoms with Gasteiger partial charge in [-0.3, -0.25) is 9.59 Å². The number of carbonyl (C=O) groups is 2. The highest BCUT2D eigenvalue weighted by molar-refractivity contribution is 6.04. The average Bonchev–Trinajstić information content (AvgIpc) is 3.33. The number of aromatic carboxylic acids is 1. The molecule has 7 nitrogen and oxygen atoms in total. The van der Waals surface area contributed by atoms with Gasteiger partial charge in [0.05, 0.1) is 16.6 Å². The number of benzene rings is 1. The maximum atomic E-state index is 14.6. The summed E-state index contributed by atoms with van der Waals surface area (Å²) in [6.45, 7) is 1.07. The molecule has 0 bridgehead atoms. The summed E-state index contributed by atoms with van der Waals surface area (Å²) >= 11 is 0. The Morgan fingerprint density at radius 3 is 2.46 bits per heavy atom. The van der Waals surface area contributed by atoms with Crippen LogP contribution in [0.5, 0.6) is 0 Å². The number of fused-ring (bicyclic) bond motifs is 1. The lowest BCUT2D eigenvalue weighted by Crippen LogP contribution is -2.23. The van der Waals surface area contributed by atoms with Crippen molar-refractivity contribution in [2.24, 2.45) is 0 Å². The molecule has 1 fully saturated rings. The van der Waals surface area contributed by atoms with Crippen molar-refractivity contribution < 1.29 is 23.5 Å². The SMILES string of the molecule is CC(=O)Nc1c(F)c(N)c(F)c2c1c(=O)c(C(=O)O)cn2C1CC1. The number of aromatic nitrogens is 1. The molecular weight excluding hydrogens is 324 g/mol. The van der Waals surface area contributed by atoms with Gasteiger partial charge in [-0.05, 0) is 12.8 Å². The van der Waals surface area contributed by atoms with Crippen molar-refractivity contribution in [1.82, 2.24) is 4.57 Å². The monoisotopic (exact) mass is 337 g/mol. The van der Waals surface area contributed by atoms with Crippen LogP contribution in [0.1, 0.15) is 36.2 Å². The summed E-state index contributed by atoms with van der Waals surface area (Å²) in [7, 11) is 0. The predicted molar refractivity (Wildman–Crippen MR) is 82.1 cm³/mol. The van der Waals surface area contributed by atoms with Crippen LogP contribution in [-0.4, -0.2) is 21.6 Å². The van der Waals surface area contributed by atoms with E-state index in [0.29, 0.717) is 12.8 Å². The van der Waals surface area contributed by atoms with Gasteiger partial charge < -0.3 is 20.7 Å². The fourth-order valence-electron chi connectivity index (χ4n) is 2.64. The zero-order valence-corrected chi connectivity index (χ0v) is 12.5. The molecule has 1 aromatic heterocycles. The summed E-state index contributed by atoms with van der Waals surface area (Å²) in [6.07, 6.45) is 2.34. The molecule has 1 heterocycles. The normalized spacial score (nSPS) is 14.0. The Labute approximate surface area is 133 Å². The van der Waals surface area contributed by atoms with E-state index in [9.17, 15) is 28.3 Å². The molecule has 0 aliphatic heterocycles. The Hall–Kier alpha value is -2.97. The molecule has 1 amide bonds. The lowest BCUT2D eigenvalue weighted by molar-refractivity contribution is -0.114. The van der Waals surface area contributed by atoms with Crippen LogP contribution in [0.25, 0.3) is 10.9 Å². The van der Waals surface area contributed by atoms with Crippen LogP contribution < -0.4 is 16.5 Å². The van der Waals surface area contributed by atoms with Gasteiger partial charge in [0.25, 0.3) is 0 Å². The van der Waals surface area contributed by atoms with Crippen molar-refractivity contribution in [3.63, 3.8) is 0 Å². The standard InChI is InChI=1S/C15H13F2N3O4/c1-5(21)19-12-8-13(10(17)11(18)9(12)16)20(6-2-3-6)4-7(14(8)22)15(23)24/h4,6H,2-3,18H2,1H3,(H,19,21)(H,23,24). The topological polar surface area (TPSA) is 114 Å². The molecule has 0 saturated heterocycles. The van der Waals surface area contributed by atoms with Crippen LogP contribution in [0.2, 0.25) is 0 Å². The van der Waals surface area contributed by atoms with Gasteiger partial charge in [-0.2, -0.15) is 0 Å². The number of hydrogen-bond acceptors (Lipinski definition) is 4. The van der Waals surface area contributed by atoms with Gasteiger partial charge in [-0.1, -0.05) is 0 Å². The quantitative estimate of drug-likeness (QED) is 0.740. The molecule has 1 saturated carbocycles. The van der Waals surface area contributed by atoms with E-state index in [1.807, 2.05) is 0 Å². The second-order valence-electron chi connectivity index (χ2n) is 5.64. The summed E-state index contributed by atoms with van der Waals surface area (Å²) < 4.78 is 30.2. The number of hydrogen-bond donors (Lipinski definition) is 3. The predicted octanol–water partition coefficient (Wildman–Crippen LogP) is 1.85. The number of carboxylic acid groups (broad SMARTS) is 1. The number of nitrogen functional groups attached to an aromatic ring is 1. The fourth-order valence-corrected chi connectivity index (χ4v) is 2.64. The van der Waals surface area contributed by atoms with Gasteiger partial charge in [0.1, 0.15) is 11.3 Å². The zero-order valence-electron chi connectivity index (χ0n) is 12.5. The highest BCUT2D eigenvalue weighted by Crippen LogP contribution is 2.40. The van der Waals surface area contributed by atoms with Crippen LogP contribution in [-0.2, 0) is 4.79 Å². The Morgan fingerprint density at radius 2 is 1.96 bits per heavy atom. The minimum absolute atomic E-state index is 0.212. The number of carbonyl (C=O) groups excluding carboxylic acids is 1. The van der Waals surface area contributed by atoms with Crippen molar-refractivity contribution in [3.8, 4) is 0 Å². The number of anilines is 2. The molecule has 1 aliphatic carbocycles. The van der Waals surface area contributed by atoms with Crippen molar-refractivity contribution in [1.29, 1.82) is 0 Å². The minimum atomic E-state index is -1.53. The van der Waals surface area contributed by atoms with Gasteiger partial charge in [-0.25, -0.2) is 13.6 Å². The lowest BCUT2D eigenvalue weighted by atomic mass is 10.1. The first-order valence-corrected chi connectivity index (χ1v) is 7.10. The van der Waals surface area contributed by atoms with Gasteiger partial charge in [-0.15, -0.1) is 0 Å². The van der Waals surface area contributed by atoms with E-state index in [0.717, 1.165) is 13.1 Å². The second-order valence-corrected chi connectivity index (χ2v) is 5.64. The minimum Gasteiger partial charge on any atom is -0.477 e. The molecule has 3 rings (SSSR count). The smallest absolute Gasteiger partial charge is 0.341 e. The summed E-state index contributed by atoms with van der Waals surface area (Å²) in [5.41, 5.74) is 1.94. The second kappa shape index (κ2) is 5.29.